The molecule has 1 aromatic carbocycles. The topological polar surface area (TPSA) is 67.8 Å². The van der Waals surface area contributed by atoms with Crippen LogP contribution in [0.1, 0.15) is 11.5 Å². The molecule has 0 saturated carbocycles. The summed E-state index contributed by atoms with van der Waals surface area (Å²) >= 11 is 12.0. The largest absolute Gasteiger partial charge is 0.480 e. The molecule has 7 heteroatoms. The molecule has 1 unspecified atom stereocenters. The minimum absolute atomic E-state index is 0.0241. The highest BCUT2D eigenvalue weighted by atomic mass is 35.5. The average Bonchev–Trinajstić information content (AvgIpc) is 2.67. The van der Waals surface area contributed by atoms with E-state index in [2.05, 4.69) is 5.32 Å². The Balaban J connectivity index is 2.10. The molecule has 2 atom stereocenters. The number of carboxylic acids is 1. The Kier molecular flexibility index (Phi) is 6.26. The second-order valence-electron chi connectivity index (χ2n) is 4.80. The molecule has 116 valence electrons. The van der Waals surface area contributed by atoms with Gasteiger partial charge in [0.05, 0.1) is 29.4 Å². The van der Waals surface area contributed by atoms with Gasteiger partial charge in [0.15, 0.2) is 0 Å². The van der Waals surface area contributed by atoms with E-state index in [4.69, 9.17) is 37.8 Å². The number of halogens is 2. The third kappa shape index (κ3) is 4.83. The van der Waals surface area contributed by atoms with Crippen LogP contribution in [0.5, 0.6) is 0 Å². The zero-order valence-electron chi connectivity index (χ0n) is 11.4. The summed E-state index contributed by atoms with van der Waals surface area (Å²) in [6.45, 7) is 1.89. The summed E-state index contributed by atoms with van der Waals surface area (Å²) in [6.07, 6.45) is -0.225. The summed E-state index contributed by atoms with van der Waals surface area (Å²) in [4.78, 5) is 10.5. The summed E-state index contributed by atoms with van der Waals surface area (Å²) in [5.41, 5.74) is 0.989. The zero-order valence-corrected chi connectivity index (χ0v) is 12.9. The predicted molar refractivity (Wildman–Crippen MR) is 80.3 cm³/mol. The van der Waals surface area contributed by atoms with Gasteiger partial charge < -0.3 is 19.9 Å². The van der Waals surface area contributed by atoms with Crippen LogP contribution in [-0.2, 0) is 14.3 Å². The first-order valence-corrected chi connectivity index (χ1v) is 7.40. The normalized spacial score (nSPS) is 22.8. The van der Waals surface area contributed by atoms with E-state index >= 15 is 0 Å². The number of carboxylic acid groups (broad SMARTS) is 1. The maximum absolute atomic E-state index is 10.5. The standard InChI is InChI=1S/C14H17Cl2NO4/c15-11-2-1-9(5-12(11)16)10-6-17-3-4-21-13(10)7-20-8-14(18)19/h1-2,5,10,13,17H,3-4,6-8H2,(H,18,19)/t10?,13-/m1/s1. The fourth-order valence-electron chi connectivity index (χ4n) is 2.29. The van der Waals surface area contributed by atoms with E-state index in [9.17, 15) is 4.79 Å². The van der Waals surface area contributed by atoms with E-state index < -0.39 is 5.97 Å². The number of aliphatic carboxylic acids is 1. The van der Waals surface area contributed by atoms with Crippen LogP contribution in [-0.4, -0.2) is 50.1 Å². The van der Waals surface area contributed by atoms with E-state index in [1.165, 1.54) is 0 Å². The number of nitrogens with one attached hydrogen (secondary N) is 1. The monoisotopic (exact) mass is 333 g/mol. The van der Waals surface area contributed by atoms with E-state index in [-0.39, 0.29) is 25.2 Å². The second-order valence-corrected chi connectivity index (χ2v) is 5.62. The van der Waals surface area contributed by atoms with Crippen molar-refractivity contribution in [1.29, 1.82) is 0 Å². The van der Waals surface area contributed by atoms with Gasteiger partial charge in [-0.15, -0.1) is 0 Å². The predicted octanol–water partition coefficient (Wildman–Crippen LogP) is 2.17. The zero-order chi connectivity index (χ0) is 15.2. The maximum atomic E-state index is 10.5. The highest BCUT2D eigenvalue weighted by Gasteiger charge is 2.27. The van der Waals surface area contributed by atoms with Crippen molar-refractivity contribution < 1.29 is 19.4 Å². The molecule has 2 N–H and O–H groups in total. The lowest BCUT2D eigenvalue weighted by Crippen LogP contribution is -2.31. The second kappa shape index (κ2) is 7.96. The van der Waals surface area contributed by atoms with Crippen LogP contribution >= 0.6 is 23.2 Å². The van der Waals surface area contributed by atoms with Crippen molar-refractivity contribution in [2.75, 3.05) is 32.9 Å². The molecule has 2 rings (SSSR count). The molecule has 1 aromatic rings. The fourth-order valence-corrected chi connectivity index (χ4v) is 2.60. The van der Waals surface area contributed by atoms with Crippen LogP contribution in [0.25, 0.3) is 0 Å². The smallest absolute Gasteiger partial charge is 0.329 e. The summed E-state index contributed by atoms with van der Waals surface area (Å²) in [6, 6.07) is 5.47. The van der Waals surface area contributed by atoms with Gasteiger partial charge in [0.2, 0.25) is 0 Å². The molecule has 5 nitrogen and oxygen atoms in total. The lowest BCUT2D eigenvalue weighted by molar-refractivity contribution is -0.143. The molecule has 1 saturated heterocycles. The third-order valence-corrected chi connectivity index (χ3v) is 4.04. The van der Waals surface area contributed by atoms with Gasteiger partial charge in [-0.25, -0.2) is 4.79 Å². The van der Waals surface area contributed by atoms with Gasteiger partial charge in [-0.05, 0) is 17.7 Å². The highest BCUT2D eigenvalue weighted by Crippen LogP contribution is 2.29. The lowest BCUT2D eigenvalue weighted by atomic mass is 9.93. The first-order valence-electron chi connectivity index (χ1n) is 6.64. The molecule has 0 radical (unpaired) electrons. The minimum atomic E-state index is -0.993. The Bertz CT molecular complexity index is 498. The molecule has 0 aromatic heterocycles. The SMILES string of the molecule is O=C(O)COC[C@H]1OCCNCC1c1ccc(Cl)c(Cl)c1. The van der Waals surface area contributed by atoms with Crippen molar-refractivity contribution in [3.63, 3.8) is 0 Å². The van der Waals surface area contributed by atoms with E-state index in [1.807, 2.05) is 12.1 Å². The van der Waals surface area contributed by atoms with Gasteiger partial charge in [0.25, 0.3) is 0 Å². The number of hydrogen-bond acceptors (Lipinski definition) is 4. The Morgan fingerprint density at radius 3 is 2.95 bits per heavy atom. The Morgan fingerprint density at radius 2 is 2.24 bits per heavy atom. The van der Waals surface area contributed by atoms with E-state index in [1.54, 1.807) is 6.07 Å². The van der Waals surface area contributed by atoms with Crippen LogP contribution in [0.3, 0.4) is 0 Å². The van der Waals surface area contributed by atoms with Crippen molar-refractivity contribution in [2.24, 2.45) is 0 Å². The molecule has 1 fully saturated rings. The molecule has 1 aliphatic rings. The van der Waals surface area contributed by atoms with Crippen LogP contribution in [0.2, 0.25) is 10.0 Å². The van der Waals surface area contributed by atoms with Crippen molar-refractivity contribution >= 4 is 29.2 Å². The molecular weight excluding hydrogens is 317 g/mol. The Labute approximate surface area is 133 Å². The van der Waals surface area contributed by atoms with Gasteiger partial charge in [-0.2, -0.15) is 0 Å². The average molecular weight is 334 g/mol. The van der Waals surface area contributed by atoms with Crippen LogP contribution in [0.4, 0.5) is 0 Å². The van der Waals surface area contributed by atoms with Crippen LogP contribution < -0.4 is 5.32 Å². The summed E-state index contributed by atoms with van der Waals surface area (Å²) < 4.78 is 10.9. The van der Waals surface area contributed by atoms with E-state index in [0.717, 1.165) is 12.1 Å². The van der Waals surface area contributed by atoms with Crippen LogP contribution in [0, 0.1) is 0 Å². The maximum Gasteiger partial charge on any atom is 0.329 e. The van der Waals surface area contributed by atoms with Crippen molar-refractivity contribution in [2.45, 2.75) is 12.0 Å². The van der Waals surface area contributed by atoms with E-state index in [0.29, 0.717) is 23.2 Å². The first kappa shape index (κ1) is 16.5. The molecule has 0 amide bonds. The van der Waals surface area contributed by atoms with Crippen LogP contribution in [0.15, 0.2) is 18.2 Å². The molecule has 0 aliphatic carbocycles. The number of ether oxygens (including phenoxy) is 2. The number of carbonyl (C=O) groups is 1. The van der Waals surface area contributed by atoms with Gasteiger partial charge in [-0.1, -0.05) is 29.3 Å². The molecule has 0 spiro atoms. The van der Waals surface area contributed by atoms with Gasteiger partial charge in [0.1, 0.15) is 6.61 Å². The third-order valence-electron chi connectivity index (χ3n) is 3.30. The molecular formula is C14H17Cl2NO4. The van der Waals surface area contributed by atoms with Gasteiger partial charge in [0, 0.05) is 19.0 Å². The molecule has 21 heavy (non-hydrogen) atoms. The fraction of sp³-hybridized carbons (Fsp3) is 0.500. The Morgan fingerprint density at radius 1 is 1.43 bits per heavy atom. The summed E-state index contributed by atoms with van der Waals surface area (Å²) in [5, 5.41) is 12.9. The first-order chi connectivity index (χ1) is 10.1. The number of rotatable bonds is 5. The highest BCUT2D eigenvalue weighted by molar-refractivity contribution is 6.42. The minimum Gasteiger partial charge on any atom is -0.480 e. The summed E-state index contributed by atoms with van der Waals surface area (Å²) in [7, 11) is 0. The van der Waals surface area contributed by atoms with Crippen molar-refractivity contribution in [3.8, 4) is 0 Å². The molecule has 1 aliphatic heterocycles. The van der Waals surface area contributed by atoms with Gasteiger partial charge >= 0.3 is 5.97 Å². The Hall–Kier alpha value is -0.850. The molecule has 0 bridgehead atoms. The number of benzene rings is 1. The quantitative estimate of drug-likeness (QED) is 0.864. The number of hydrogen-bond donors (Lipinski definition) is 2. The summed E-state index contributed by atoms with van der Waals surface area (Å²) in [5.74, 6) is -0.969. The molecule has 1 heterocycles. The van der Waals surface area contributed by atoms with Gasteiger partial charge in [-0.3, -0.25) is 0 Å². The van der Waals surface area contributed by atoms with Crippen molar-refractivity contribution in [3.05, 3.63) is 33.8 Å². The lowest BCUT2D eigenvalue weighted by Gasteiger charge is -2.25. The van der Waals surface area contributed by atoms with Crippen molar-refractivity contribution in [1.82, 2.24) is 5.32 Å².